The molecule has 0 amide bonds. The Hall–Kier alpha value is 0.390. The van der Waals surface area contributed by atoms with Crippen LogP contribution in [-0.4, -0.2) is 49.8 Å². The van der Waals surface area contributed by atoms with E-state index in [-0.39, 0.29) is 0 Å². The van der Waals surface area contributed by atoms with E-state index in [1.54, 1.807) is 0 Å². The fourth-order valence-electron chi connectivity index (χ4n) is 1.42. The highest BCUT2D eigenvalue weighted by Gasteiger charge is 2.21. The molecule has 0 N–H and O–H groups in total. The predicted molar refractivity (Wildman–Crippen MR) is 58.1 cm³/mol. The lowest BCUT2D eigenvalue weighted by atomic mass is 10.2. The standard InChI is InChI=1S/C8H16BrNO2S/c1-8(6-9)7-10-2-4-13(11,12)5-3-10/h8H,2-7H2,1H3. The summed E-state index contributed by atoms with van der Waals surface area (Å²) in [5, 5.41) is 0.982. The van der Waals surface area contributed by atoms with Gasteiger partial charge in [-0.05, 0) is 5.92 Å². The largest absolute Gasteiger partial charge is 0.301 e. The molecular weight excluding hydrogens is 254 g/mol. The van der Waals surface area contributed by atoms with Crippen LogP contribution in [0.1, 0.15) is 6.92 Å². The van der Waals surface area contributed by atoms with Crippen molar-refractivity contribution in [2.75, 3.05) is 36.5 Å². The molecule has 1 rings (SSSR count). The molecule has 1 unspecified atom stereocenters. The maximum atomic E-state index is 11.1. The molecule has 1 fully saturated rings. The van der Waals surface area contributed by atoms with Crippen LogP contribution >= 0.6 is 15.9 Å². The minimum atomic E-state index is -2.71. The molecule has 13 heavy (non-hydrogen) atoms. The Kier molecular flexibility index (Phi) is 4.19. The van der Waals surface area contributed by atoms with Gasteiger partial charge in [-0.15, -0.1) is 0 Å². The van der Waals surface area contributed by atoms with Gasteiger partial charge >= 0.3 is 0 Å². The van der Waals surface area contributed by atoms with Crippen LogP contribution in [0.2, 0.25) is 0 Å². The molecule has 0 aromatic heterocycles. The Morgan fingerprint density at radius 3 is 2.38 bits per heavy atom. The second-order valence-electron chi connectivity index (χ2n) is 3.71. The highest BCUT2D eigenvalue weighted by molar-refractivity contribution is 9.09. The Balaban J connectivity index is 2.33. The van der Waals surface area contributed by atoms with E-state index < -0.39 is 9.84 Å². The number of halogens is 1. The Morgan fingerprint density at radius 1 is 1.38 bits per heavy atom. The van der Waals surface area contributed by atoms with Crippen LogP contribution in [0.25, 0.3) is 0 Å². The van der Waals surface area contributed by atoms with Gasteiger partial charge in [0.1, 0.15) is 0 Å². The fourth-order valence-corrected chi connectivity index (χ4v) is 2.90. The van der Waals surface area contributed by atoms with Gasteiger partial charge in [0.15, 0.2) is 9.84 Å². The summed E-state index contributed by atoms with van der Waals surface area (Å²) in [5.74, 6) is 1.27. The molecule has 1 heterocycles. The van der Waals surface area contributed by atoms with E-state index in [2.05, 4.69) is 27.8 Å². The molecule has 0 aromatic rings. The van der Waals surface area contributed by atoms with Gasteiger partial charge < -0.3 is 4.90 Å². The molecule has 5 heteroatoms. The first kappa shape index (κ1) is 11.5. The van der Waals surface area contributed by atoms with Gasteiger partial charge in [0, 0.05) is 25.0 Å². The number of alkyl halides is 1. The lowest BCUT2D eigenvalue weighted by Crippen LogP contribution is -2.42. The first-order valence-corrected chi connectivity index (χ1v) is 7.46. The van der Waals surface area contributed by atoms with Crippen LogP contribution in [-0.2, 0) is 9.84 Å². The van der Waals surface area contributed by atoms with E-state index in [0.717, 1.165) is 11.9 Å². The molecule has 1 aliphatic heterocycles. The highest BCUT2D eigenvalue weighted by atomic mass is 79.9. The van der Waals surface area contributed by atoms with Crippen LogP contribution in [0.3, 0.4) is 0 Å². The van der Waals surface area contributed by atoms with Crippen LogP contribution in [0.5, 0.6) is 0 Å². The number of rotatable bonds is 3. The van der Waals surface area contributed by atoms with Crippen molar-refractivity contribution in [3.05, 3.63) is 0 Å². The van der Waals surface area contributed by atoms with Gasteiger partial charge in [0.2, 0.25) is 0 Å². The van der Waals surface area contributed by atoms with Gasteiger partial charge in [0.25, 0.3) is 0 Å². The quantitative estimate of drug-likeness (QED) is 0.710. The van der Waals surface area contributed by atoms with E-state index in [1.807, 2.05) is 0 Å². The molecular formula is C8H16BrNO2S. The summed E-state index contributed by atoms with van der Waals surface area (Å²) in [6.07, 6.45) is 0. The van der Waals surface area contributed by atoms with E-state index in [9.17, 15) is 8.42 Å². The lowest BCUT2D eigenvalue weighted by Gasteiger charge is -2.28. The predicted octanol–water partition coefficient (Wildman–Crippen LogP) is 0.748. The number of hydrogen-bond acceptors (Lipinski definition) is 3. The smallest absolute Gasteiger partial charge is 0.152 e. The minimum absolute atomic E-state index is 0.335. The third-order valence-electron chi connectivity index (χ3n) is 2.27. The third-order valence-corrected chi connectivity index (χ3v) is 4.98. The fraction of sp³-hybridized carbons (Fsp3) is 1.00. The maximum absolute atomic E-state index is 11.1. The van der Waals surface area contributed by atoms with Crippen LogP contribution < -0.4 is 0 Å². The minimum Gasteiger partial charge on any atom is -0.301 e. The summed E-state index contributed by atoms with van der Waals surface area (Å²) in [6.45, 7) is 4.58. The molecule has 0 aromatic carbocycles. The van der Waals surface area contributed by atoms with E-state index >= 15 is 0 Å². The monoisotopic (exact) mass is 269 g/mol. The normalized spacial score (nSPS) is 25.7. The average molecular weight is 270 g/mol. The van der Waals surface area contributed by atoms with Gasteiger partial charge in [-0.3, -0.25) is 0 Å². The van der Waals surface area contributed by atoms with Crippen LogP contribution in [0, 0.1) is 5.92 Å². The molecule has 1 aliphatic rings. The molecule has 1 atom stereocenters. The Labute approximate surface area is 88.5 Å². The van der Waals surface area contributed by atoms with Crippen molar-refractivity contribution in [2.45, 2.75) is 6.92 Å². The van der Waals surface area contributed by atoms with Crippen LogP contribution in [0.4, 0.5) is 0 Å². The zero-order valence-electron chi connectivity index (χ0n) is 7.87. The van der Waals surface area contributed by atoms with Crippen molar-refractivity contribution in [1.82, 2.24) is 4.90 Å². The van der Waals surface area contributed by atoms with E-state index in [0.29, 0.717) is 30.5 Å². The Bertz CT molecular complexity index is 239. The summed E-state index contributed by atoms with van der Waals surface area (Å²) in [5.41, 5.74) is 0. The number of sulfone groups is 1. The van der Waals surface area contributed by atoms with Crippen LogP contribution in [0.15, 0.2) is 0 Å². The van der Waals surface area contributed by atoms with Gasteiger partial charge in [0.05, 0.1) is 11.5 Å². The zero-order chi connectivity index (χ0) is 9.90. The number of nitrogens with zero attached hydrogens (tertiary/aromatic N) is 1. The van der Waals surface area contributed by atoms with E-state index in [4.69, 9.17) is 0 Å². The van der Waals surface area contributed by atoms with Crippen molar-refractivity contribution < 1.29 is 8.42 Å². The second-order valence-corrected chi connectivity index (χ2v) is 6.66. The van der Waals surface area contributed by atoms with Crippen molar-refractivity contribution in [3.63, 3.8) is 0 Å². The molecule has 1 saturated heterocycles. The first-order chi connectivity index (χ1) is 6.03. The van der Waals surface area contributed by atoms with E-state index in [1.165, 1.54) is 0 Å². The number of hydrogen-bond donors (Lipinski definition) is 0. The summed E-state index contributed by atoms with van der Waals surface area (Å²) in [4.78, 5) is 2.23. The van der Waals surface area contributed by atoms with Crippen molar-refractivity contribution in [3.8, 4) is 0 Å². The summed E-state index contributed by atoms with van der Waals surface area (Å²) >= 11 is 3.42. The summed E-state index contributed by atoms with van der Waals surface area (Å²) in [6, 6.07) is 0. The molecule has 0 spiro atoms. The highest BCUT2D eigenvalue weighted by Crippen LogP contribution is 2.08. The molecule has 0 saturated carbocycles. The molecule has 0 bridgehead atoms. The SMILES string of the molecule is CC(CBr)CN1CCS(=O)(=O)CC1. The molecule has 0 radical (unpaired) electrons. The summed E-state index contributed by atoms with van der Waals surface area (Å²) in [7, 11) is -2.71. The van der Waals surface area contributed by atoms with Gasteiger partial charge in [-0.1, -0.05) is 22.9 Å². The molecule has 3 nitrogen and oxygen atoms in total. The lowest BCUT2D eigenvalue weighted by molar-refractivity contribution is 0.265. The van der Waals surface area contributed by atoms with Gasteiger partial charge in [-0.25, -0.2) is 8.42 Å². The Morgan fingerprint density at radius 2 is 1.92 bits per heavy atom. The van der Waals surface area contributed by atoms with Crippen molar-refractivity contribution in [1.29, 1.82) is 0 Å². The van der Waals surface area contributed by atoms with Crippen molar-refractivity contribution >= 4 is 25.8 Å². The summed E-state index contributed by atoms with van der Waals surface area (Å²) < 4.78 is 22.2. The zero-order valence-corrected chi connectivity index (χ0v) is 10.3. The topological polar surface area (TPSA) is 37.4 Å². The molecule has 0 aliphatic carbocycles. The second kappa shape index (κ2) is 4.75. The van der Waals surface area contributed by atoms with Gasteiger partial charge in [-0.2, -0.15) is 0 Å². The molecule has 78 valence electrons. The average Bonchev–Trinajstić information content (AvgIpc) is 2.08. The first-order valence-electron chi connectivity index (χ1n) is 4.52. The maximum Gasteiger partial charge on any atom is 0.152 e. The van der Waals surface area contributed by atoms with Crippen molar-refractivity contribution in [2.24, 2.45) is 5.92 Å². The third kappa shape index (κ3) is 3.95.